The molecule has 3 heterocycles. The number of fused-ring (bicyclic) bond motifs is 1. The maximum atomic E-state index is 13.6. The van der Waals surface area contributed by atoms with Gasteiger partial charge in [-0.25, -0.2) is 9.37 Å². The summed E-state index contributed by atoms with van der Waals surface area (Å²) in [4.78, 5) is 31.9. The van der Waals surface area contributed by atoms with Gasteiger partial charge in [-0.1, -0.05) is 30.3 Å². The molecule has 8 heteroatoms. The smallest absolute Gasteiger partial charge is 0.290 e. The van der Waals surface area contributed by atoms with E-state index < -0.39 is 29.3 Å². The second-order valence-electron chi connectivity index (χ2n) is 7.85. The molecule has 4 aromatic rings. The molecule has 1 aliphatic rings. The van der Waals surface area contributed by atoms with Gasteiger partial charge in [0.05, 0.1) is 17.9 Å². The zero-order chi connectivity index (χ0) is 22.9. The number of rotatable bonds is 7. The van der Waals surface area contributed by atoms with E-state index in [0.29, 0.717) is 24.1 Å². The Morgan fingerprint density at radius 3 is 2.64 bits per heavy atom. The number of aromatic nitrogens is 2. The van der Waals surface area contributed by atoms with Crippen molar-refractivity contribution in [1.82, 2.24) is 14.5 Å². The molecule has 0 spiro atoms. The summed E-state index contributed by atoms with van der Waals surface area (Å²) in [5, 5.41) is 11.5. The molecule has 2 aromatic carbocycles. The highest BCUT2D eigenvalue weighted by molar-refractivity contribution is 6.16. The molecule has 1 amide bonds. The predicted octanol–water partition coefficient (Wildman–Crippen LogP) is 4.44. The van der Waals surface area contributed by atoms with Crippen molar-refractivity contribution in [1.29, 1.82) is 0 Å². The van der Waals surface area contributed by atoms with Gasteiger partial charge in [0.25, 0.3) is 5.91 Å². The number of furan rings is 1. The second-order valence-corrected chi connectivity index (χ2v) is 7.85. The van der Waals surface area contributed by atoms with Gasteiger partial charge >= 0.3 is 0 Å². The Labute approximate surface area is 188 Å². The molecule has 0 saturated carbocycles. The maximum Gasteiger partial charge on any atom is 0.290 e. The summed E-state index contributed by atoms with van der Waals surface area (Å²) in [7, 11) is 0. The van der Waals surface area contributed by atoms with E-state index in [1.54, 1.807) is 30.7 Å². The van der Waals surface area contributed by atoms with E-state index in [4.69, 9.17) is 4.42 Å². The average Bonchev–Trinajstić information content (AvgIpc) is 3.54. The Hall–Kier alpha value is -4.20. The van der Waals surface area contributed by atoms with Gasteiger partial charge in [0.15, 0.2) is 11.5 Å². The lowest BCUT2D eigenvalue weighted by Crippen LogP contribution is -2.32. The van der Waals surface area contributed by atoms with Gasteiger partial charge in [-0.15, -0.1) is 0 Å². The fourth-order valence-corrected chi connectivity index (χ4v) is 4.18. The topological polar surface area (TPSA) is 88.6 Å². The third kappa shape index (κ3) is 3.80. The maximum absolute atomic E-state index is 13.6. The highest BCUT2D eigenvalue weighted by atomic mass is 19.1. The van der Waals surface area contributed by atoms with Crippen molar-refractivity contribution in [3.8, 4) is 0 Å². The van der Waals surface area contributed by atoms with Gasteiger partial charge in [-0.05, 0) is 36.2 Å². The standard InChI is InChI=1S/C25H20FN3O4/c26-18-8-6-16(7-9-18)22-21(23(30)20-14-17-4-1-2-5-19(17)33-20)24(31)25(32)29(22)12-3-11-28-13-10-27-15-28/h1-2,4-10,13-15,22,31H,3,11-12H2/t22-/m1/s1. The molecule has 33 heavy (non-hydrogen) atoms. The summed E-state index contributed by atoms with van der Waals surface area (Å²) < 4.78 is 21.2. The molecule has 5 rings (SSSR count). The number of aryl methyl sites for hydroxylation is 1. The first-order valence-corrected chi connectivity index (χ1v) is 10.5. The Morgan fingerprint density at radius 2 is 1.91 bits per heavy atom. The Kier molecular flexibility index (Phi) is 5.26. The SMILES string of the molecule is O=C(C1=C(O)C(=O)N(CCCn2ccnc2)[C@@H]1c1ccc(F)cc1)c1cc2ccccc2o1. The molecule has 0 unspecified atom stereocenters. The quantitative estimate of drug-likeness (QED) is 0.425. The van der Waals surface area contributed by atoms with Crippen LogP contribution in [0.4, 0.5) is 4.39 Å². The molecule has 0 aliphatic carbocycles. The van der Waals surface area contributed by atoms with Gasteiger partial charge in [0, 0.05) is 30.9 Å². The summed E-state index contributed by atoms with van der Waals surface area (Å²) in [6, 6.07) is 13.5. The van der Waals surface area contributed by atoms with Crippen LogP contribution >= 0.6 is 0 Å². The summed E-state index contributed by atoms with van der Waals surface area (Å²) in [5.41, 5.74) is 0.977. The minimum Gasteiger partial charge on any atom is -0.503 e. The molecule has 0 bridgehead atoms. The lowest BCUT2D eigenvalue weighted by atomic mass is 9.95. The van der Waals surface area contributed by atoms with Crippen molar-refractivity contribution in [2.24, 2.45) is 0 Å². The van der Waals surface area contributed by atoms with Crippen LogP contribution in [0.2, 0.25) is 0 Å². The number of aliphatic hydroxyl groups excluding tert-OH is 1. The van der Waals surface area contributed by atoms with Crippen molar-refractivity contribution in [3.63, 3.8) is 0 Å². The van der Waals surface area contributed by atoms with Gasteiger partial charge < -0.3 is 19.0 Å². The van der Waals surface area contributed by atoms with Crippen LogP contribution in [0.5, 0.6) is 0 Å². The number of aliphatic hydroxyl groups is 1. The number of halogens is 1. The minimum absolute atomic E-state index is 0.0259. The van der Waals surface area contributed by atoms with E-state index >= 15 is 0 Å². The van der Waals surface area contributed by atoms with Gasteiger partial charge in [-0.2, -0.15) is 0 Å². The number of Topliss-reactive ketones (excluding diaryl/α,β-unsaturated/α-hetero) is 1. The highest BCUT2D eigenvalue weighted by Crippen LogP contribution is 2.39. The van der Waals surface area contributed by atoms with Crippen molar-refractivity contribution in [2.45, 2.75) is 19.0 Å². The first kappa shape index (κ1) is 20.7. The van der Waals surface area contributed by atoms with E-state index in [-0.39, 0.29) is 17.9 Å². The van der Waals surface area contributed by atoms with Crippen LogP contribution in [0.15, 0.2) is 89.1 Å². The summed E-state index contributed by atoms with van der Waals surface area (Å²) in [5.74, 6) is -2.25. The van der Waals surface area contributed by atoms with Crippen LogP contribution < -0.4 is 0 Å². The number of ketones is 1. The fourth-order valence-electron chi connectivity index (χ4n) is 4.18. The van der Waals surface area contributed by atoms with Crippen LogP contribution in [0.25, 0.3) is 11.0 Å². The molecule has 166 valence electrons. The van der Waals surface area contributed by atoms with Crippen molar-refractivity contribution in [3.05, 3.63) is 102 Å². The minimum atomic E-state index is -0.860. The van der Waals surface area contributed by atoms with Crippen LogP contribution in [-0.2, 0) is 11.3 Å². The summed E-state index contributed by atoms with van der Waals surface area (Å²) >= 11 is 0. The van der Waals surface area contributed by atoms with Gasteiger partial charge in [0.2, 0.25) is 5.78 Å². The van der Waals surface area contributed by atoms with Crippen molar-refractivity contribution in [2.75, 3.05) is 6.54 Å². The average molecular weight is 445 g/mol. The molecule has 0 radical (unpaired) electrons. The number of imidazole rings is 1. The third-order valence-corrected chi connectivity index (χ3v) is 5.76. The lowest BCUT2D eigenvalue weighted by molar-refractivity contribution is -0.129. The molecular weight excluding hydrogens is 425 g/mol. The number of carbonyl (C=O) groups excluding carboxylic acids is 2. The van der Waals surface area contributed by atoms with Gasteiger partial charge in [-0.3, -0.25) is 9.59 Å². The number of para-hydroxylation sites is 1. The number of carbonyl (C=O) groups is 2. The Bertz CT molecular complexity index is 1320. The molecule has 1 aliphatic heterocycles. The molecule has 0 saturated heterocycles. The summed E-state index contributed by atoms with van der Waals surface area (Å²) in [6.45, 7) is 0.882. The van der Waals surface area contributed by atoms with E-state index in [2.05, 4.69) is 4.98 Å². The van der Waals surface area contributed by atoms with E-state index in [9.17, 15) is 19.1 Å². The summed E-state index contributed by atoms with van der Waals surface area (Å²) in [6.07, 6.45) is 5.73. The largest absolute Gasteiger partial charge is 0.503 e. The molecule has 7 nitrogen and oxygen atoms in total. The fraction of sp³-hybridized carbons (Fsp3) is 0.160. The Balaban J connectivity index is 1.50. The molecule has 2 aromatic heterocycles. The number of hydrogen-bond acceptors (Lipinski definition) is 5. The normalized spacial score (nSPS) is 16.2. The predicted molar refractivity (Wildman–Crippen MR) is 118 cm³/mol. The Morgan fingerprint density at radius 1 is 1.12 bits per heavy atom. The van der Waals surface area contributed by atoms with Crippen molar-refractivity contribution < 1.29 is 23.5 Å². The van der Waals surface area contributed by atoms with Crippen molar-refractivity contribution >= 4 is 22.7 Å². The third-order valence-electron chi connectivity index (χ3n) is 5.76. The number of benzene rings is 2. The molecule has 0 fully saturated rings. The van der Waals surface area contributed by atoms with Crippen LogP contribution in [0, 0.1) is 5.82 Å². The van der Waals surface area contributed by atoms with Crippen LogP contribution in [0.3, 0.4) is 0 Å². The number of amides is 1. The van der Waals surface area contributed by atoms with E-state index in [0.717, 1.165) is 5.39 Å². The molecule has 1 atom stereocenters. The van der Waals surface area contributed by atoms with Crippen LogP contribution in [-0.4, -0.2) is 37.8 Å². The molecule has 1 N–H and O–H groups in total. The zero-order valence-corrected chi connectivity index (χ0v) is 17.5. The monoisotopic (exact) mass is 445 g/mol. The lowest BCUT2D eigenvalue weighted by Gasteiger charge is -2.26. The first-order valence-electron chi connectivity index (χ1n) is 10.5. The zero-order valence-electron chi connectivity index (χ0n) is 17.5. The second kappa shape index (κ2) is 8.38. The van der Waals surface area contributed by atoms with Crippen LogP contribution in [0.1, 0.15) is 28.6 Å². The number of nitrogens with zero attached hydrogens (tertiary/aromatic N) is 3. The first-order chi connectivity index (χ1) is 16.0. The highest BCUT2D eigenvalue weighted by Gasteiger charge is 2.44. The van der Waals surface area contributed by atoms with Gasteiger partial charge in [0.1, 0.15) is 11.4 Å². The number of hydrogen-bond donors (Lipinski definition) is 1. The van der Waals surface area contributed by atoms with E-state index in [1.165, 1.54) is 29.2 Å². The van der Waals surface area contributed by atoms with E-state index in [1.807, 2.05) is 22.9 Å². The molecular formula is C25H20FN3O4.